The first-order valence-corrected chi connectivity index (χ1v) is 10.3. The van der Waals surface area contributed by atoms with Crippen molar-refractivity contribution in [1.29, 1.82) is 0 Å². The Morgan fingerprint density at radius 2 is 1.74 bits per heavy atom. The van der Waals surface area contributed by atoms with Gasteiger partial charge in [0, 0.05) is 24.2 Å². The minimum Gasteiger partial charge on any atom is -0.369 e. The number of benzene rings is 1. The number of hydrogen-bond acceptors (Lipinski definition) is 3. The number of hydrogen-bond donors (Lipinski definition) is 1. The summed E-state index contributed by atoms with van der Waals surface area (Å²) in [5.74, 6) is -0.752. The maximum absolute atomic E-state index is 14.8. The van der Waals surface area contributed by atoms with Gasteiger partial charge in [0.05, 0.1) is 5.41 Å². The molecule has 27 heavy (non-hydrogen) atoms. The van der Waals surface area contributed by atoms with Crippen LogP contribution in [0.4, 0.5) is 4.39 Å². The standard InChI is InChI=1S/C22H36FN3O/c1-17(2)26(18(3)4)16-12-22(21(24)27,11-15-25-13-7-8-14-25)19-9-5-6-10-20(19)23/h5-6,9-10,17-18H,7-8,11-16H2,1-4H3,(H2,24,27). The predicted octanol–water partition coefficient (Wildman–Crippen LogP) is 3.54. The summed E-state index contributed by atoms with van der Waals surface area (Å²) in [5, 5.41) is 0. The minimum absolute atomic E-state index is 0.335. The number of carbonyl (C=O) groups excluding carboxylic acids is 1. The lowest BCUT2D eigenvalue weighted by molar-refractivity contribution is -0.124. The number of halogens is 1. The molecule has 0 aromatic heterocycles. The molecule has 152 valence electrons. The molecule has 0 bridgehead atoms. The van der Waals surface area contributed by atoms with Crippen molar-refractivity contribution >= 4 is 5.91 Å². The average Bonchev–Trinajstić information content (AvgIpc) is 3.11. The Bertz CT molecular complexity index is 605. The van der Waals surface area contributed by atoms with E-state index in [0.717, 1.165) is 19.6 Å². The summed E-state index contributed by atoms with van der Waals surface area (Å²) in [6.45, 7) is 12.2. The summed E-state index contributed by atoms with van der Waals surface area (Å²) in [5.41, 5.74) is 5.43. The van der Waals surface area contributed by atoms with Gasteiger partial charge in [-0.25, -0.2) is 4.39 Å². The first-order chi connectivity index (χ1) is 12.8. The van der Waals surface area contributed by atoms with Gasteiger partial charge in [0.1, 0.15) is 5.82 Å². The highest BCUT2D eigenvalue weighted by molar-refractivity contribution is 5.86. The van der Waals surface area contributed by atoms with Gasteiger partial charge in [0.25, 0.3) is 0 Å². The third-order valence-corrected chi connectivity index (χ3v) is 6.04. The molecule has 4 nitrogen and oxygen atoms in total. The summed E-state index contributed by atoms with van der Waals surface area (Å²) < 4.78 is 14.8. The zero-order valence-electron chi connectivity index (χ0n) is 17.4. The van der Waals surface area contributed by atoms with Crippen molar-refractivity contribution in [3.05, 3.63) is 35.6 Å². The number of carbonyl (C=O) groups is 1. The van der Waals surface area contributed by atoms with E-state index >= 15 is 0 Å². The fourth-order valence-corrected chi connectivity index (χ4v) is 4.41. The highest BCUT2D eigenvalue weighted by Gasteiger charge is 2.41. The van der Waals surface area contributed by atoms with E-state index in [4.69, 9.17) is 5.73 Å². The first kappa shape index (κ1) is 21.8. The average molecular weight is 378 g/mol. The number of primary amides is 1. The Hall–Kier alpha value is -1.46. The summed E-state index contributed by atoms with van der Waals surface area (Å²) in [6, 6.07) is 7.35. The van der Waals surface area contributed by atoms with Crippen molar-refractivity contribution in [3.8, 4) is 0 Å². The molecule has 0 aliphatic carbocycles. The van der Waals surface area contributed by atoms with E-state index in [-0.39, 0.29) is 5.82 Å². The summed E-state index contributed by atoms with van der Waals surface area (Å²) >= 11 is 0. The van der Waals surface area contributed by atoms with Crippen LogP contribution >= 0.6 is 0 Å². The van der Waals surface area contributed by atoms with Gasteiger partial charge in [-0.2, -0.15) is 0 Å². The van der Waals surface area contributed by atoms with Gasteiger partial charge in [-0.1, -0.05) is 18.2 Å². The van der Waals surface area contributed by atoms with Crippen LogP contribution in [0.1, 0.15) is 58.9 Å². The molecule has 1 aliphatic heterocycles. The molecule has 5 heteroatoms. The number of nitrogens with two attached hydrogens (primary N) is 1. The highest BCUT2D eigenvalue weighted by Crippen LogP contribution is 2.35. The molecule has 1 aliphatic rings. The summed E-state index contributed by atoms with van der Waals surface area (Å²) in [7, 11) is 0. The Morgan fingerprint density at radius 1 is 1.15 bits per heavy atom. The van der Waals surface area contributed by atoms with Crippen LogP contribution in [0, 0.1) is 5.82 Å². The molecule has 1 amide bonds. The molecule has 1 saturated heterocycles. The smallest absolute Gasteiger partial charge is 0.228 e. The molecule has 1 unspecified atom stereocenters. The van der Waals surface area contributed by atoms with Crippen LogP contribution in [0.25, 0.3) is 0 Å². The normalized spacial score (nSPS) is 17.8. The maximum atomic E-state index is 14.8. The molecule has 1 aromatic carbocycles. The van der Waals surface area contributed by atoms with Crippen molar-refractivity contribution in [2.24, 2.45) is 5.73 Å². The maximum Gasteiger partial charge on any atom is 0.228 e. The van der Waals surface area contributed by atoms with Crippen LogP contribution in [0.5, 0.6) is 0 Å². The molecule has 2 rings (SSSR count). The fraction of sp³-hybridized carbons (Fsp3) is 0.682. The lowest BCUT2D eigenvalue weighted by Crippen LogP contribution is -2.48. The molecule has 2 N–H and O–H groups in total. The number of amides is 1. The van der Waals surface area contributed by atoms with Gasteiger partial charge >= 0.3 is 0 Å². The second-order valence-electron chi connectivity index (χ2n) is 8.40. The van der Waals surface area contributed by atoms with Gasteiger partial charge in [0.15, 0.2) is 0 Å². The zero-order valence-corrected chi connectivity index (χ0v) is 17.4. The quantitative estimate of drug-likeness (QED) is 0.678. The van der Waals surface area contributed by atoms with E-state index in [0.29, 0.717) is 37.0 Å². The van der Waals surface area contributed by atoms with E-state index in [1.165, 1.54) is 18.9 Å². The van der Waals surface area contributed by atoms with Crippen LogP contribution in [-0.4, -0.2) is 54.0 Å². The molecule has 0 saturated carbocycles. The first-order valence-electron chi connectivity index (χ1n) is 10.3. The highest BCUT2D eigenvalue weighted by atomic mass is 19.1. The monoisotopic (exact) mass is 377 g/mol. The summed E-state index contributed by atoms with van der Waals surface area (Å²) in [4.78, 5) is 17.5. The van der Waals surface area contributed by atoms with Gasteiger partial charge in [-0.3, -0.25) is 9.69 Å². The van der Waals surface area contributed by atoms with Crippen LogP contribution in [0.2, 0.25) is 0 Å². The molecular weight excluding hydrogens is 341 g/mol. The Balaban J connectivity index is 2.32. The third-order valence-electron chi connectivity index (χ3n) is 6.04. The van der Waals surface area contributed by atoms with Gasteiger partial charge in [-0.05, 0) is 79.1 Å². The molecule has 1 heterocycles. The fourth-order valence-electron chi connectivity index (χ4n) is 4.41. The van der Waals surface area contributed by atoms with E-state index in [1.54, 1.807) is 18.2 Å². The SMILES string of the molecule is CC(C)N(CCC(CCN1CCCC1)(C(N)=O)c1ccccc1F)C(C)C. The van der Waals surface area contributed by atoms with Crippen molar-refractivity contribution in [2.75, 3.05) is 26.2 Å². The predicted molar refractivity (Wildman–Crippen MR) is 109 cm³/mol. The van der Waals surface area contributed by atoms with Crippen molar-refractivity contribution in [1.82, 2.24) is 9.80 Å². The lowest BCUT2D eigenvalue weighted by atomic mass is 9.73. The molecule has 0 spiro atoms. The van der Waals surface area contributed by atoms with Gasteiger partial charge in [0.2, 0.25) is 5.91 Å². The van der Waals surface area contributed by atoms with Crippen molar-refractivity contribution < 1.29 is 9.18 Å². The molecule has 0 radical (unpaired) electrons. The second kappa shape index (κ2) is 9.65. The molecule has 1 fully saturated rings. The zero-order chi connectivity index (χ0) is 20.0. The van der Waals surface area contributed by atoms with Crippen molar-refractivity contribution in [3.63, 3.8) is 0 Å². The second-order valence-corrected chi connectivity index (χ2v) is 8.40. The lowest BCUT2D eigenvalue weighted by Gasteiger charge is -2.37. The summed E-state index contributed by atoms with van der Waals surface area (Å²) in [6.07, 6.45) is 3.48. The molecule has 1 atom stereocenters. The van der Waals surface area contributed by atoms with Crippen LogP contribution in [0.15, 0.2) is 24.3 Å². The molecule has 1 aromatic rings. The number of rotatable bonds is 10. The Labute approximate surface area is 163 Å². The largest absolute Gasteiger partial charge is 0.369 e. The van der Waals surface area contributed by atoms with Crippen LogP contribution in [0.3, 0.4) is 0 Å². The Kier molecular flexibility index (Phi) is 7.80. The van der Waals surface area contributed by atoms with E-state index in [1.807, 2.05) is 0 Å². The van der Waals surface area contributed by atoms with E-state index in [9.17, 15) is 9.18 Å². The van der Waals surface area contributed by atoms with Gasteiger partial charge < -0.3 is 10.6 Å². The van der Waals surface area contributed by atoms with E-state index < -0.39 is 11.3 Å². The van der Waals surface area contributed by atoms with Crippen LogP contribution in [-0.2, 0) is 10.2 Å². The van der Waals surface area contributed by atoms with E-state index in [2.05, 4.69) is 37.5 Å². The van der Waals surface area contributed by atoms with Gasteiger partial charge in [-0.15, -0.1) is 0 Å². The Morgan fingerprint density at radius 3 is 2.26 bits per heavy atom. The third kappa shape index (κ3) is 5.29. The number of likely N-dealkylation sites (tertiary alicyclic amines) is 1. The minimum atomic E-state index is -0.976. The van der Waals surface area contributed by atoms with Crippen LogP contribution < -0.4 is 5.73 Å². The number of nitrogens with zero attached hydrogens (tertiary/aromatic N) is 2. The topological polar surface area (TPSA) is 49.6 Å². The van der Waals surface area contributed by atoms with Crippen molar-refractivity contribution in [2.45, 2.75) is 70.9 Å². The molecular formula is C22H36FN3O.